The average Bonchev–Trinajstić information content (AvgIpc) is 1.87. The molecule has 56 valence electrons. The Hall–Kier alpha value is -1.12. The van der Waals surface area contributed by atoms with Crippen LogP contribution in [-0.4, -0.2) is 16.9 Å². The number of hydrogen-bond acceptors (Lipinski definition) is 2. The Labute approximate surface area is 59.4 Å². The number of rotatable bonds is 3. The predicted octanol–water partition coefficient (Wildman–Crippen LogP) is 0.996. The Morgan fingerprint density at radius 2 is 2.00 bits per heavy atom. The highest BCUT2D eigenvalue weighted by Gasteiger charge is 2.01. The summed E-state index contributed by atoms with van der Waals surface area (Å²) in [4.78, 5) is 20.7. The third-order valence-corrected chi connectivity index (χ3v) is 1.06. The maximum Gasteiger partial charge on any atom is 0.331 e. The van der Waals surface area contributed by atoms with Crippen molar-refractivity contribution in [3.8, 4) is 0 Å². The van der Waals surface area contributed by atoms with Gasteiger partial charge in [-0.3, -0.25) is 4.79 Å². The molecule has 0 aliphatic carbocycles. The highest BCUT2D eigenvalue weighted by Crippen LogP contribution is 1.93. The second-order valence-electron chi connectivity index (χ2n) is 1.95. The number of ketones is 1. The van der Waals surface area contributed by atoms with Crippen LogP contribution in [0.1, 0.15) is 20.3 Å². The van der Waals surface area contributed by atoms with Crippen LogP contribution in [0.4, 0.5) is 0 Å². The fourth-order valence-electron chi connectivity index (χ4n) is 0.405. The van der Waals surface area contributed by atoms with Crippen LogP contribution in [0.5, 0.6) is 0 Å². The van der Waals surface area contributed by atoms with E-state index in [1.807, 2.05) is 0 Å². The van der Waals surface area contributed by atoms with Crippen molar-refractivity contribution < 1.29 is 14.7 Å². The molecule has 0 saturated heterocycles. The monoisotopic (exact) mass is 142 g/mol. The van der Waals surface area contributed by atoms with Gasteiger partial charge in [0.15, 0.2) is 5.78 Å². The van der Waals surface area contributed by atoms with Crippen LogP contribution in [0.3, 0.4) is 0 Å². The Balaban J connectivity index is 4.16. The van der Waals surface area contributed by atoms with Gasteiger partial charge in [-0.2, -0.15) is 0 Å². The number of carbonyl (C=O) groups is 2. The summed E-state index contributed by atoms with van der Waals surface area (Å²) in [5.41, 5.74) is 0.0897. The Bertz CT molecular complexity index is 179. The topological polar surface area (TPSA) is 54.4 Å². The van der Waals surface area contributed by atoms with Crippen molar-refractivity contribution in [3.63, 3.8) is 0 Å². The normalized spacial score (nSPS) is 11.2. The molecule has 10 heavy (non-hydrogen) atoms. The molecule has 0 aromatic carbocycles. The van der Waals surface area contributed by atoms with Crippen LogP contribution in [-0.2, 0) is 9.59 Å². The second kappa shape index (κ2) is 3.82. The number of hydrogen-bond donors (Lipinski definition) is 1. The molecule has 0 heterocycles. The van der Waals surface area contributed by atoms with Gasteiger partial charge in [0.05, 0.1) is 0 Å². The molecule has 0 fully saturated rings. The van der Waals surface area contributed by atoms with E-state index in [1.54, 1.807) is 6.92 Å². The Morgan fingerprint density at radius 3 is 2.30 bits per heavy atom. The van der Waals surface area contributed by atoms with E-state index in [0.717, 1.165) is 6.08 Å². The van der Waals surface area contributed by atoms with Crippen molar-refractivity contribution in [1.29, 1.82) is 0 Å². The van der Waals surface area contributed by atoms with Crippen molar-refractivity contribution in [1.82, 2.24) is 0 Å². The van der Waals surface area contributed by atoms with E-state index in [-0.39, 0.29) is 11.4 Å². The van der Waals surface area contributed by atoms with Crippen LogP contribution in [0.15, 0.2) is 11.6 Å². The average molecular weight is 142 g/mol. The van der Waals surface area contributed by atoms with Crippen LogP contribution >= 0.6 is 0 Å². The molecule has 0 saturated carbocycles. The van der Waals surface area contributed by atoms with Crippen molar-refractivity contribution in [2.75, 3.05) is 0 Å². The van der Waals surface area contributed by atoms with Crippen LogP contribution in [0.2, 0.25) is 0 Å². The van der Waals surface area contributed by atoms with E-state index in [1.165, 1.54) is 6.92 Å². The summed E-state index contributed by atoms with van der Waals surface area (Å²) in [6.45, 7) is 3.09. The second-order valence-corrected chi connectivity index (χ2v) is 1.95. The lowest BCUT2D eigenvalue weighted by Crippen LogP contribution is -1.99. The van der Waals surface area contributed by atoms with Gasteiger partial charge in [0.2, 0.25) is 0 Å². The van der Waals surface area contributed by atoms with Gasteiger partial charge in [-0.1, -0.05) is 6.92 Å². The molecular formula is C7H10O3. The molecule has 0 aromatic heterocycles. The van der Waals surface area contributed by atoms with Crippen molar-refractivity contribution >= 4 is 11.8 Å². The minimum absolute atomic E-state index is 0.0897. The number of allylic oxidation sites excluding steroid dienone is 1. The van der Waals surface area contributed by atoms with Gasteiger partial charge in [-0.15, -0.1) is 0 Å². The van der Waals surface area contributed by atoms with Crippen molar-refractivity contribution in [2.24, 2.45) is 0 Å². The van der Waals surface area contributed by atoms with Gasteiger partial charge in [0, 0.05) is 12.0 Å². The van der Waals surface area contributed by atoms with E-state index in [9.17, 15) is 9.59 Å². The molecule has 0 atom stereocenters. The van der Waals surface area contributed by atoms with E-state index in [4.69, 9.17) is 5.11 Å². The molecule has 1 N–H and O–H groups in total. The first-order valence-corrected chi connectivity index (χ1v) is 3.02. The zero-order chi connectivity index (χ0) is 8.15. The number of carboxylic acid groups (broad SMARTS) is 1. The highest BCUT2D eigenvalue weighted by molar-refractivity contribution is 5.98. The fraction of sp³-hybridized carbons (Fsp3) is 0.429. The zero-order valence-electron chi connectivity index (χ0n) is 6.05. The standard InChI is InChI=1S/C7H10O3/c1-3-6(8)4-5(2)7(9)10/h4H,3H2,1-2H3,(H,9,10)/b5-4-. The molecule has 0 aliphatic rings. The molecule has 0 aromatic rings. The molecule has 0 bridgehead atoms. The number of aliphatic carboxylic acids is 1. The van der Waals surface area contributed by atoms with Crippen molar-refractivity contribution in [3.05, 3.63) is 11.6 Å². The molecule has 3 nitrogen and oxygen atoms in total. The van der Waals surface area contributed by atoms with Gasteiger partial charge >= 0.3 is 5.97 Å². The zero-order valence-corrected chi connectivity index (χ0v) is 6.05. The summed E-state index contributed by atoms with van der Waals surface area (Å²) in [7, 11) is 0. The summed E-state index contributed by atoms with van der Waals surface area (Å²) < 4.78 is 0. The first kappa shape index (κ1) is 8.88. The van der Waals surface area contributed by atoms with Gasteiger partial charge in [0.1, 0.15) is 0 Å². The lowest BCUT2D eigenvalue weighted by atomic mass is 10.2. The summed E-state index contributed by atoms with van der Waals surface area (Å²) in [6.07, 6.45) is 1.49. The van der Waals surface area contributed by atoms with Crippen molar-refractivity contribution in [2.45, 2.75) is 20.3 Å². The molecule has 0 unspecified atom stereocenters. The lowest BCUT2D eigenvalue weighted by Gasteiger charge is -1.89. The summed E-state index contributed by atoms with van der Waals surface area (Å²) >= 11 is 0. The number of carboxylic acids is 1. The fourth-order valence-corrected chi connectivity index (χ4v) is 0.405. The highest BCUT2D eigenvalue weighted by atomic mass is 16.4. The quantitative estimate of drug-likeness (QED) is 0.598. The number of carbonyl (C=O) groups excluding carboxylic acids is 1. The maximum atomic E-state index is 10.6. The van der Waals surface area contributed by atoms with E-state index < -0.39 is 5.97 Å². The van der Waals surface area contributed by atoms with Gasteiger partial charge < -0.3 is 5.11 Å². The van der Waals surface area contributed by atoms with E-state index in [0.29, 0.717) is 6.42 Å². The van der Waals surface area contributed by atoms with Crippen LogP contribution < -0.4 is 0 Å². The van der Waals surface area contributed by atoms with E-state index >= 15 is 0 Å². The molecule has 3 heteroatoms. The van der Waals surface area contributed by atoms with Gasteiger partial charge in [0.25, 0.3) is 0 Å². The van der Waals surface area contributed by atoms with Crippen LogP contribution in [0, 0.1) is 0 Å². The molecule has 0 aliphatic heterocycles. The van der Waals surface area contributed by atoms with E-state index in [2.05, 4.69) is 0 Å². The third-order valence-electron chi connectivity index (χ3n) is 1.06. The van der Waals surface area contributed by atoms with Gasteiger partial charge in [-0.25, -0.2) is 4.79 Å². The first-order valence-electron chi connectivity index (χ1n) is 3.02. The lowest BCUT2D eigenvalue weighted by molar-refractivity contribution is -0.132. The SMILES string of the molecule is CCC(=O)/C=C(/C)C(=O)O. The largest absolute Gasteiger partial charge is 0.478 e. The molecule has 0 spiro atoms. The Morgan fingerprint density at radius 1 is 1.50 bits per heavy atom. The predicted molar refractivity (Wildman–Crippen MR) is 36.7 cm³/mol. The molecule has 0 radical (unpaired) electrons. The third kappa shape index (κ3) is 3.02. The molecule has 0 amide bonds. The molecular weight excluding hydrogens is 132 g/mol. The summed E-state index contributed by atoms with van der Waals surface area (Å²) in [5, 5.41) is 8.31. The Kier molecular flexibility index (Phi) is 3.39. The summed E-state index contributed by atoms with van der Waals surface area (Å²) in [5.74, 6) is -1.19. The maximum absolute atomic E-state index is 10.6. The first-order chi connectivity index (χ1) is 4.57. The van der Waals surface area contributed by atoms with Crippen LogP contribution in [0.25, 0.3) is 0 Å². The minimum atomic E-state index is -1.04. The molecule has 0 rings (SSSR count). The minimum Gasteiger partial charge on any atom is -0.478 e. The van der Waals surface area contributed by atoms with Gasteiger partial charge in [-0.05, 0) is 13.0 Å². The summed E-state index contributed by atoms with van der Waals surface area (Å²) in [6, 6.07) is 0. The smallest absolute Gasteiger partial charge is 0.331 e.